The van der Waals surface area contributed by atoms with Crippen molar-refractivity contribution in [2.24, 2.45) is 5.92 Å². The topological polar surface area (TPSA) is 92.5 Å². The molecule has 2 aromatic rings. The Morgan fingerprint density at radius 3 is 2.93 bits per heavy atom. The van der Waals surface area contributed by atoms with E-state index in [1.165, 1.54) is 0 Å². The molecule has 1 amide bonds. The number of nitrogens with zero attached hydrogens (tertiary/aromatic N) is 4. The van der Waals surface area contributed by atoms with Crippen LogP contribution in [0.15, 0.2) is 36.9 Å². The van der Waals surface area contributed by atoms with Gasteiger partial charge in [-0.15, -0.1) is 0 Å². The molecule has 2 fully saturated rings. The first-order chi connectivity index (χ1) is 13.2. The van der Waals surface area contributed by atoms with Crippen LogP contribution in [0.4, 0.5) is 5.69 Å². The Balaban J connectivity index is 1.42. The summed E-state index contributed by atoms with van der Waals surface area (Å²) in [7, 11) is 0. The van der Waals surface area contributed by atoms with Gasteiger partial charge in [-0.25, -0.2) is 0 Å². The van der Waals surface area contributed by atoms with Crippen LogP contribution in [0.5, 0.6) is 0 Å². The van der Waals surface area contributed by atoms with E-state index in [0.29, 0.717) is 31.1 Å². The summed E-state index contributed by atoms with van der Waals surface area (Å²) < 4.78 is 7.27. The summed E-state index contributed by atoms with van der Waals surface area (Å²) in [6.45, 7) is 3.53. The number of hydrogen-bond donors (Lipinski definition) is 2. The third-order valence-electron chi connectivity index (χ3n) is 5.34. The Morgan fingerprint density at radius 2 is 2.15 bits per heavy atom. The molecule has 144 valence electrons. The van der Waals surface area contributed by atoms with Gasteiger partial charge in [-0.2, -0.15) is 5.10 Å². The zero-order chi connectivity index (χ0) is 18.6. The number of anilines is 1. The van der Waals surface area contributed by atoms with Crippen molar-refractivity contribution in [1.82, 2.24) is 20.1 Å². The molecular formula is C19H25N5O3. The van der Waals surface area contributed by atoms with Crippen LogP contribution in [0.2, 0.25) is 0 Å². The van der Waals surface area contributed by atoms with E-state index in [1.54, 1.807) is 24.7 Å². The standard InChI is InChI=1S/C19H25N5O3/c25-18-11-14(13-24-5-1-3-21-24)10-16(18)22-19(26)15-2-4-20-12-17(15)23-6-8-27-9-7-23/h1-5,12,14,16,18,25H,6-11,13H2,(H,22,26)/t14?,16-,18-/m1/s1. The molecule has 1 aliphatic heterocycles. The van der Waals surface area contributed by atoms with Crippen molar-refractivity contribution in [2.75, 3.05) is 31.2 Å². The van der Waals surface area contributed by atoms with Crippen molar-refractivity contribution < 1.29 is 14.6 Å². The number of hydrogen-bond acceptors (Lipinski definition) is 6. The van der Waals surface area contributed by atoms with E-state index >= 15 is 0 Å². The normalized spacial score (nSPS) is 25.5. The molecule has 0 bridgehead atoms. The fourth-order valence-corrected chi connectivity index (χ4v) is 3.98. The van der Waals surface area contributed by atoms with Gasteiger partial charge in [-0.05, 0) is 30.9 Å². The third kappa shape index (κ3) is 4.12. The van der Waals surface area contributed by atoms with Gasteiger partial charge in [0, 0.05) is 38.2 Å². The van der Waals surface area contributed by atoms with E-state index in [0.717, 1.165) is 31.7 Å². The van der Waals surface area contributed by atoms with Crippen LogP contribution in [0, 0.1) is 5.92 Å². The fraction of sp³-hybridized carbons (Fsp3) is 0.526. The van der Waals surface area contributed by atoms with E-state index in [2.05, 4.69) is 20.3 Å². The second-order valence-corrected chi connectivity index (χ2v) is 7.21. The van der Waals surface area contributed by atoms with Gasteiger partial charge >= 0.3 is 0 Å². The predicted octanol–water partition coefficient (Wildman–Crippen LogP) is 0.684. The van der Waals surface area contributed by atoms with E-state index < -0.39 is 6.10 Å². The van der Waals surface area contributed by atoms with Crippen molar-refractivity contribution in [3.8, 4) is 0 Å². The zero-order valence-electron chi connectivity index (χ0n) is 15.2. The van der Waals surface area contributed by atoms with Crippen LogP contribution in [-0.2, 0) is 11.3 Å². The molecule has 2 N–H and O–H groups in total. The SMILES string of the molecule is O=C(N[C@@H]1CC(Cn2cccn2)C[C@H]1O)c1ccncc1N1CCOCC1. The van der Waals surface area contributed by atoms with Crippen molar-refractivity contribution in [3.05, 3.63) is 42.5 Å². The molecule has 1 aliphatic carbocycles. The van der Waals surface area contributed by atoms with Crippen LogP contribution in [0.3, 0.4) is 0 Å². The van der Waals surface area contributed by atoms with Crippen LogP contribution < -0.4 is 10.2 Å². The first kappa shape index (κ1) is 17.9. The predicted molar refractivity (Wildman–Crippen MR) is 99.5 cm³/mol. The van der Waals surface area contributed by atoms with Gasteiger partial charge < -0.3 is 20.1 Å². The highest BCUT2D eigenvalue weighted by molar-refractivity contribution is 5.99. The summed E-state index contributed by atoms with van der Waals surface area (Å²) in [5.74, 6) is 0.129. The number of aliphatic hydroxyl groups excluding tert-OH is 1. The molecule has 1 unspecified atom stereocenters. The molecule has 2 aromatic heterocycles. The number of morpholine rings is 1. The summed E-state index contributed by atoms with van der Waals surface area (Å²) in [5.41, 5.74) is 1.41. The Kier molecular flexibility index (Phi) is 5.35. The number of amides is 1. The summed E-state index contributed by atoms with van der Waals surface area (Å²) >= 11 is 0. The van der Waals surface area contributed by atoms with Gasteiger partial charge in [0.05, 0.1) is 42.8 Å². The molecule has 3 heterocycles. The van der Waals surface area contributed by atoms with Gasteiger partial charge in [-0.1, -0.05) is 0 Å². The highest BCUT2D eigenvalue weighted by Gasteiger charge is 2.34. The monoisotopic (exact) mass is 371 g/mol. The molecule has 0 spiro atoms. The van der Waals surface area contributed by atoms with Gasteiger partial charge in [-0.3, -0.25) is 14.5 Å². The number of pyridine rings is 1. The summed E-state index contributed by atoms with van der Waals surface area (Å²) in [5, 5.41) is 17.7. The average molecular weight is 371 g/mol. The highest BCUT2D eigenvalue weighted by atomic mass is 16.5. The van der Waals surface area contributed by atoms with E-state index in [4.69, 9.17) is 4.74 Å². The minimum absolute atomic E-state index is 0.164. The number of aromatic nitrogens is 3. The maximum atomic E-state index is 12.9. The lowest BCUT2D eigenvalue weighted by Crippen LogP contribution is -2.42. The molecule has 1 saturated carbocycles. The second kappa shape index (κ2) is 8.06. The molecule has 2 aliphatic rings. The maximum Gasteiger partial charge on any atom is 0.253 e. The lowest BCUT2D eigenvalue weighted by Gasteiger charge is -2.30. The number of ether oxygens (including phenoxy) is 1. The lowest BCUT2D eigenvalue weighted by atomic mass is 10.1. The van der Waals surface area contributed by atoms with Gasteiger partial charge in [0.25, 0.3) is 5.91 Å². The Bertz CT molecular complexity index is 760. The lowest BCUT2D eigenvalue weighted by molar-refractivity contribution is 0.0871. The highest BCUT2D eigenvalue weighted by Crippen LogP contribution is 2.28. The molecular weight excluding hydrogens is 346 g/mol. The zero-order valence-corrected chi connectivity index (χ0v) is 15.2. The molecule has 3 atom stereocenters. The van der Waals surface area contributed by atoms with Crippen LogP contribution in [-0.4, -0.2) is 64.2 Å². The molecule has 8 heteroatoms. The van der Waals surface area contributed by atoms with Crippen LogP contribution in [0.1, 0.15) is 23.2 Å². The van der Waals surface area contributed by atoms with E-state index in [-0.39, 0.29) is 11.9 Å². The number of nitrogens with one attached hydrogen (secondary N) is 1. The summed E-state index contributed by atoms with van der Waals surface area (Å²) in [4.78, 5) is 19.2. The Morgan fingerprint density at radius 1 is 1.30 bits per heavy atom. The second-order valence-electron chi connectivity index (χ2n) is 7.21. The van der Waals surface area contributed by atoms with Crippen LogP contribution >= 0.6 is 0 Å². The number of carbonyl (C=O) groups excluding carboxylic acids is 1. The van der Waals surface area contributed by atoms with Crippen LogP contribution in [0.25, 0.3) is 0 Å². The molecule has 0 radical (unpaired) electrons. The minimum Gasteiger partial charge on any atom is -0.391 e. The van der Waals surface area contributed by atoms with Gasteiger partial charge in [0.15, 0.2) is 0 Å². The molecule has 8 nitrogen and oxygen atoms in total. The minimum atomic E-state index is -0.539. The summed E-state index contributed by atoms with van der Waals surface area (Å²) in [6, 6.07) is 3.38. The molecule has 0 aromatic carbocycles. The largest absolute Gasteiger partial charge is 0.391 e. The van der Waals surface area contributed by atoms with Crippen molar-refractivity contribution in [2.45, 2.75) is 31.5 Å². The first-order valence-electron chi connectivity index (χ1n) is 9.44. The number of carbonyl (C=O) groups is 1. The Labute approximate surface area is 158 Å². The smallest absolute Gasteiger partial charge is 0.253 e. The third-order valence-corrected chi connectivity index (χ3v) is 5.34. The molecule has 1 saturated heterocycles. The van der Waals surface area contributed by atoms with Crippen molar-refractivity contribution in [3.63, 3.8) is 0 Å². The van der Waals surface area contributed by atoms with E-state index in [9.17, 15) is 9.90 Å². The van der Waals surface area contributed by atoms with Crippen molar-refractivity contribution >= 4 is 11.6 Å². The molecule has 27 heavy (non-hydrogen) atoms. The molecule has 4 rings (SSSR count). The maximum absolute atomic E-state index is 12.9. The van der Waals surface area contributed by atoms with Crippen molar-refractivity contribution in [1.29, 1.82) is 0 Å². The quantitative estimate of drug-likeness (QED) is 0.803. The average Bonchev–Trinajstić information content (AvgIpc) is 3.32. The summed E-state index contributed by atoms with van der Waals surface area (Å²) in [6.07, 6.45) is 7.90. The number of aliphatic hydroxyl groups is 1. The Hall–Kier alpha value is -2.45. The fourth-order valence-electron chi connectivity index (χ4n) is 3.98. The van der Waals surface area contributed by atoms with E-state index in [1.807, 2.05) is 16.9 Å². The first-order valence-corrected chi connectivity index (χ1v) is 9.44. The van der Waals surface area contributed by atoms with Gasteiger partial charge in [0.1, 0.15) is 0 Å². The number of rotatable bonds is 5. The van der Waals surface area contributed by atoms with Gasteiger partial charge in [0.2, 0.25) is 0 Å².